The number of alkyl halides is 1. The van der Waals surface area contributed by atoms with Gasteiger partial charge in [0, 0.05) is 0 Å². The van der Waals surface area contributed by atoms with Crippen molar-refractivity contribution in [2.75, 3.05) is 12.9 Å². The van der Waals surface area contributed by atoms with Crippen molar-refractivity contribution in [1.29, 1.82) is 0 Å². The van der Waals surface area contributed by atoms with Crippen LogP contribution in [-0.4, -0.2) is 32.1 Å². The molecule has 0 saturated heterocycles. The summed E-state index contributed by atoms with van der Waals surface area (Å²) in [5.74, 6) is -1.27. The molecule has 0 saturated carbocycles. The number of halogens is 1. The Bertz CT molecular complexity index is 532. The van der Waals surface area contributed by atoms with Gasteiger partial charge in [-0.15, -0.1) is 11.6 Å². The zero-order chi connectivity index (χ0) is 14.0. The lowest BCUT2D eigenvalue weighted by Gasteiger charge is -2.18. The lowest BCUT2D eigenvalue weighted by molar-refractivity contribution is -0.142. The Kier molecular flexibility index (Phi) is 4.40. The third-order valence-corrected chi connectivity index (χ3v) is 4.85. The fourth-order valence-electron chi connectivity index (χ4n) is 1.46. The third kappa shape index (κ3) is 3.46. The number of hydrogen-bond acceptors (Lipinski definition) is 4. The minimum atomic E-state index is -3.62. The highest BCUT2D eigenvalue weighted by molar-refractivity contribution is 7.91. The van der Waals surface area contributed by atoms with Gasteiger partial charge in [0.1, 0.15) is 0 Å². The van der Waals surface area contributed by atoms with Crippen molar-refractivity contribution in [2.24, 2.45) is 0 Å². The highest BCUT2D eigenvalue weighted by atomic mass is 35.5. The standard InChI is InChI=1S/C12H15ClO4S/c1-9-4-6-10(7-5-9)18(15,16)8-12(2,13)11(14)17-3/h4-7H,8H2,1-3H3. The first-order chi connectivity index (χ1) is 8.19. The first-order valence-electron chi connectivity index (χ1n) is 5.26. The average molecular weight is 291 g/mol. The summed E-state index contributed by atoms with van der Waals surface area (Å²) in [6, 6.07) is 6.37. The van der Waals surface area contributed by atoms with Gasteiger partial charge in [-0.2, -0.15) is 0 Å². The molecule has 1 aromatic carbocycles. The summed E-state index contributed by atoms with van der Waals surface area (Å²) in [4.78, 5) is 9.94. The largest absolute Gasteiger partial charge is 0.468 e. The second-order valence-electron chi connectivity index (χ2n) is 4.26. The summed E-state index contributed by atoms with van der Waals surface area (Å²) < 4.78 is 28.7. The minimum Gasteiger partial charge on any atom is -0.468 e. The minimum absolute atomic E-state index is 0.142. The number of hydrogen-bond donors (Lipinski definition) is 0. The molecule has 0 aromatic heterocycles. The maximum Gasteiger partial charge on any atom is 0.327 e. The quantitative estimate of drug-likeness (QED) is 0.628. The molecule has 6 heteroatoms. The van der Waals surface area contributed by atoms with Crippen molar-refractivity contribution >= 4 is 27.4 Å². The van der Waals surface area contributed by atoms with E-state index in [0.717, 1.165) is 5.56 Å². The second-order valence-corrected chi connectivity index (χ2v) is 7.08. The van der Waals surface area contributed by atoms with Crippen molar-refractivity contribution in [2.45, 2.75) is 23.6 Å². The Morgan fingerprint density at radius 1 is 1.33 bits per heavy atom. The molecule has 0 spiro atoms. The highest BCUT2D eigenvalue weighted by Gasteiger charge is 2.37. The molecule has 0 heterocycles. The molecule has 1 unspecified atom stereocenters. The van der Waals surface area contributed by atoms with Crippen LogP contribution in [0.4, 0.5) is 0 Å². The van der Waals surface area contributed by atoms with E-state index in [9.17, 15) is 13.2 Å². The van der Waals surface area contributed by atoms with Crippen LogP contribution in [0.3, 0.4) is 0 Å². The number of esters is 1. The number of ether oxygens (including phenoxy) is 1. The predicted molar refractivity (Wildman–Crippen MR) is 69.5 cm³/mol. The summed E-state index contributed by atoms with van der Waals surface area (Å²) >= 11 is 5.90. The highest BCUT2D eigenvalue weighted by Crippen LogP contribution is 2.23. The van der Waals surface area contributed by atoms with Gasteiger partial charge in [-0.1, -0.05) is 17.7 Å². The van der Waals surface area contributed by atoms with Crippen LogP contribution in [0.1, 0.15) is 12.5 Å². The fraction of sp³-hybridized carbons (Fsp3) is 0.417. The number of methoxy groups -OCH3 is 1. The van der Waals surface area contributed by atoms with E-state index >= 15 is 0 Å². The molecule has 0 N–H and O–H groups in total. The number of carbonyl (C=O) groups excluding carboxylic acids is 1. The van der Waals surface area contributed by atoms with Crippen molar-refractivity contribution < 1.29 is 17.9 Å². The average Bonchev–Trinajstić information content (AvgIpc) is 2.27. The van der Waals surface area contributed by atoms with E-state index in [0.29, 0.717) is 0 Å². The van der Waals surface area contributed by atoms with Gasteiger partial charge in [-0.3, -0.25) is 4.79 Å². The van der Waals surface area contributed by atoms with E-state index < -0.39 is 26.4 Å². The molecule has 1 atom stereocenters. The van der Waals surface area contributed by atoms with Gasteiger partial charge in [-0.05, 0) is 26.0 Å². The Morgan fingerprint density at radius 2 is 1.83 bits per heavy atom. The van der Waals surface area contributed by atoms with E-state index in [1.165, 1.54) is 26.2 Å². The first kappa shape index (κ1) is 15.0. The molecule has 100 valence electrons. The number of sulfone groups is 1. The number of carbonyl (C=O) groups is 1. The molecular formula is C12H15ClO4S. The van der Waals surface area contributed by atoms with Crippen LogP contribution < -0.4 is 0 Å². The monoisotopic (exact) mass is 290 g/mol. The van der Waals surface area contributed by atoms with Gasteiger partial charge < -0.3 is 4.74 Å². The molecular weight excluding hydrogens is 276 g/mol. The van der Waals surface area contributed by atoms with Gasteiger partial charge in [0.2, 0.25) is 0 Å². The number of benzene rings is 1. The lowest BCUT2D eigenvalue weighted by Crippen LogP contribution is -2.37. The third-order valence-electron chi connectivity index (χ3n) is 2.45. The Morgan fingerprint density at radius 3 is 2.28 bits per heavy atom. The van der Waals surface area contributed by atoms with E-state index in [1.54, 1.807) is 12.1 Å². The van der Waals surface area contributed by atoms with Crippen molar-refractivity contribution in [3.8, 4) is 0 Å². The van der Waals surface area contributed by atoms with E-state index in [4.69, 9.17) is 11.6 Å². The zero-order valence-corrected chi connectivity index (χ0v) is 12.0. The maximum absolute atomic E-state index is 12.1. The second kappa shape index (κ2) is 5.28. The molecule has 0 bridgehead atoms. The van der Waals surface area contributed by atoms with Gasteiger partial charge in [-0.25, -0.2) is 8.42 Å². The molecule has 0 fully saturated rings. The van der Waals surface area contributed by atoms with Crippen LogP contribution in [0.5, 0.6) is 0 Å². The number of aryl methyl sites for hydroxylation is 1. The van der Waals surface area contributed by atoms with Gasteiger partial charge in [0.15, 0.2) is 14.7 Å². The summed E-state index contributed by atoms with van der Waals surface area (Å²) in [5.41, 5.74) is 0.954. The lowest BCUT2D eigenvalue weighted by atomic mass is 10.2. The van der Waals surface area contributed by atoms with Gasteiger partial charge in [0.25, 0.3) is 0 Å². The van der Waals surface area contributed by atoms with E-state index in [2.05, 4.69) is 4.74 Å². The number of rotatable bonds is 4. The molecule has 18 heavy (non-hydrogen) atoms. The Hall–Kier alpha value is -1.07. The van der Waals surface area contributed by atoms with Crippen LogP contribution in [0.2, 0.25) is 0 Å². The van der Waals surface area contributed by atoms with Crippen molar-refractivity contribution in [1.82, 2.24) is 0 Å². The molecule has 4 nitrogen and oxygen atoms in total. The topological polar surface area (TPSA) is 60.4 Å². The van der Waals surface area contributed by atoms with Crippen LogP contribution in [0, 0.1) is 6.92 Å². The van der Waals surface area contributed by atoms with Crippen molar-refractivity contribution in [3.05, 3.63) is 29.8 Å². The van der Waals surface area contributed by atoms with Crippen LogP contribution >= 0.6 is 11.6 Å². The van der Waals surface area contributed by atoms with Crippen LogP contribution in [-0.2, 0) is 19.4 Å². The Balaban J connectivity index is 3.02. The molecule has 0 amide bonds. The van der Waals surface area contributed by atoms with Crippen LogP contribution in [0.15, 0.2) is 29.2 Å². The molecule has 0 aliphatic carbocycles. The predicted octanol–water partition coefficient (Wildman–Crippen LogP) is 1.94. The van der Waals surface area contributed by atoms with Crippen molar-refractivity contribution in [3.63, 3.8) is 0 Å². The molecule has 1 aromatic rings. The first-order valence-corrected chi connectivity index (χ1v) is 7.29. The molecule has 0 aliphatic rings. The summed E-state index contributed by atoms with van der Waals surface area (Å²) in [6.45, 7) is 3.18. The summed E-state index contributed by atoms with van der Waals surface area (Å²) in [6.07, 6.45) is 0. The maximum atomic E-state index is 12.1. The zero-order valence-electron chi connectivity index (χ0n) is 10.4. The van der Waals surface area contributed by atoms with Gasteiger partial charge >= 0.3 is 5.97 Å². The molecule has 0 radical (unpaired) electrons. The van der Waals surface area contributed by atoms with Gasteiger partial charge in [0.05, 0.1) is 17.8 Å². The normalized spacial score (nSPS) is 14.9. The molecule has 0 aliphatic heterocycles. The summed E-state index contributed by atoms with van der Waals surface area (Å²) in [7, 11) is -2.45. The fourth-order valence-corrected chi connectivity index (χ4v) is 3.51. The van der Waals surface area contributed by atoms with E-state index in [-0.39, 0.29) is 4.90 Å². The summed E-state index contributed by atoms with van der Waals surface area (Å²) in [5, 5.41) is 0. The SMILES string of the molecule is COC(=O)C(C)(Cl)CS(=O)(=O)c1ccc(C)cc1. The smallest absolute Gasteiger partial charge is 0.327 e. The van der Waals surface area contributed by atoms with Crippen LogP contribution in [0.25, 0.3) is 0 Å². The van der Waals surface area contributed by atoms with E-state index in [1.807, 2.05) is 6.92 Å². The Labute approximate surface area is 112 Å². The molecule has 1 rings (SSSR count).